The van der Waals surface area contributed by atoms with Gasteiger partial charge in [-0.1, -0.05) is 11.3 Å². The van der Waals surface area contributed by atoms with E-state index in [1.807, 2.05) is 18.2 Å². The zero-order chi connectivity index (χ0) is 16.5. The Morgan fingerprint density at radius 3 is 2.88 bits per heavy atom. The molecule has 3 heterocycles. The summed E-state index contributed by atoms with van der Waals surface area (Å²) in [7, 11) is 0. The quantitative estimate of drug-likeness (QED) is 0.748. The lowest BCUT2D eigenvalue weighted by atomic mass is 10.3. The van der Waals surface area contributed by atoms with Gasteiger partial charge in [0.15, 0.2) is 5.13 Å². The second kappa shape index (κ2) is 6.46. The largest absolute Gasteiger partial charge is 0.348 e. The van der Waals surface area contributed by atoms with Crippen LogP contribution in [0, 0.1) is 0 Å². The Morgan fingerprint density at radius 2 is 2.12 bits per heavy atom. The van der Waals surface area contributed by atoms with Crippen LogP contribution in [0.2, 0.25) is 0 Å². The van der Waals surface area contributed by atoms with Crippen molar-refractivity contribution in [3.05, 3.63) is 34.3 Å². The molecule has 1 fully saturated rings. The molecule has 0 unspecified atom stereocenters. The summed E-state index contributed by atoms with van der Waals surface area (Å²) in [6.45, 7) is 2.51. The molecule has 0 atom stereocenters. The van der Waals surface area contributed by atoms with Crippen molar-refractivity contribution in [2.75, 3.05) is 23.3 Å². The maximum atomic E-state index is 12.3. The van der Waals surface area contributed by atoms with Crippen molar-refractivity contribution in [3.63, 3.8) is 0 Å². The number of amides is 1. The van der Waals surface area contributed by atoms with E-state index in [4.69, 9.17) is 10.7 Å². The van der Waals surface area contributed by atoms with Crippen molar-refractivity contribution >= 4 is 49.6 Å². The van der Waals surface area contributed by atoms with Crippen LogP contribution in [-0.4, -0.2) is 29.0 Å². The topological polar surface area (TPSA) is 84.1 Å². The molecular formula is C16H17N5OS2. The van der Waals surface area contributed by atoms with E-state index in [1.165, 1.54) is 24.2 Å². The molecule has 0 saturated carbocycles. The summed E-state index contributed by atoms with van der Waals surface area (Å²) >= 11 is 3.07. The molecular weight excluding hydrogens is 342 g/mol. The van der Waals surface area contributed by atoms with Gasteiger partial charge in [0.1, 0.15) is 10.7 Å². The van der Waals surface area contributed by atoms with E-state index in [1.54, 1.807) is 16.7 Å². The van der Waals surface area contributed by atoms with Gasteiger partial charge in [0.05, 0.1) is 10.2 Å². The number of nitrogens with one attached hydrogen (secondary N) is 1. The molecule has 24 heavy (non-hydrogen) atoms. The van der Waals surface area contributed by atoms with Crippen molar-refractivity contribution in [2.45, 2.75) is 19.4 Å². The summed E-state index contributed by atoms with van der Waals surface area (Å²) < 4.78 is 1.08. The number of fused-ring (bicyclic) bond motifs is 1. The Kier molecular flexibility index (Phi) is 4.17. The van der Waals surface area contributed by atoms with Crippen molar-refractivity contribution < 1.29 is 4.79 Å². The third kappa shape index (κ3) is 3.00. The zero-order valence-electron chi connectivity index (χ0n) is 13.0. The number of thiazole rings is 2. The minimum Gasteiger partial charge on any atom is -0.348 e. The average molecular weight is 359 g/mol. The highest BCUT2D eigenvalue weighted by Gasteiger charge is 2.17. The van der Waals surface area contributed by atoms with Crippen LogP contribution < -0.4 is 16.0 Å². The van der Waals surface area contributed by atoms with Crippen molar-refractivity contribution in [1.82, 2.24) is 9.97 Å². The molecule has 1 amide bonds. The molecule has 2 aromatic heterocycles. The summed E-state index contributed by atoms with van der Waals surface area (Å²) in [5, 5.41) is 6.45. The maximum Gasteiger partial charge on any atom is 0.275 e. The summed E-state index contributed by atoms with van der Waals surface area (Å²) in [5.41, 5.74) is 7.67. The number of hydrogen-bond donors (Lipinski definition) is 2. The van der Waals surface area contributed by atoms with Gasteiger partial charge in [0.2, 0.25) is 0 Å². The summed E-state index contributed by atoms with van der Waals surface area (Å²) in [6, 6.07) is 5.80. The SMILES string of the molecule is NCc1nc(C(=O)Nc2ccc3nc(N4CCCC4)sc3c2)cs1. The number of nitrogens with two attached hydrogens (primary N) is 1. The first-order chi connectivity index (χ1) is 11.7. The molecule has 3 aromatic rings. The van der Waals surface area contributed by atoms with Gasteiger partial charge in [-0.3, -0.25) is 4.79 Å². The summed E-state index contributed by atoms with van der Waals surface area (Å²) in [5.74, 6) is -0.213. The second-order valence-corrected chi connectivity index (χ2v) is 7.61. The van der Waals surface area contributed by atoms with Gasteiger partial charge in [-0.25, -0.2) is 9.97 Å². The van der Waals surface area contributed by atoms with E-state index in [9.17, 15) is 4.79 Å². The fourth-order valence-corrected chi connectivity index (χ4v) is 4.45. The number of nitrogens with zero attached hydrogens (tertiary/aromatic N) is 3. The third-order valence-corrected chi connectivity index (χ3v) is 5.92. The van der Waals surface area contributed by atoms with Gasteiger partial charge in [-0.2, -0.15) is 0 Å². The Balaban J connectivity index is 1.54. The van der Waals surface area contributed by atoms with Crippen LogP contribution in [-0.2, 0) is 6.54 Å². The summed E-state index contributed by atoms with van der Waals surface area (Å²) in [6.07, 6.45) is 2.46. The number of aromatic nitrogens is 2. The Hall–Kier alpha value is -2.03. The number of carbonyl (C=O) groups excluding carboxylic acids is 1. The Labute approximate surface area is 147 Å². The van der Waals surface area contributed by atoms with Crippen LogP contribution in [0.25, 0.3) is 10.2 Å². The second-order valence-electron chi connectivity index (χ2n) is 5.66. The third-order valence-electron chi connectivity index (χ3n) is 3.97. The molecule has 1 aliphatic rings. The molecule has 0 radical (unpaired) electrons. The minimum atomic E-state index is -0.213. The van der Waals surface area contributed by atoms with Crippen molar-refractivity contribution in [3.8, 4) is 0 Å². The van der Waals surface area contributed by atoms with Gasteiger partial charge >= 0.3 is 0 Å². The smallest absolute Gasteiger partial charge is 0.275 e. The van der Waals surface area contributed by atoms with Crippen LogP contribution in [0.4, 0.5) is 10.8 Å². The number of rotatable bonds is 4. The monoisotopic (exact) mass is 359 g/mol. The number of carbonyl (C=O) groups is 1. The number of anilines is 2. The molecule has 1 aromatic carbocycles. The van der Waals surface area contributed by atoms with Gasteiger partial charge in [-0.05, 0) is 31.0 Å². The van der Waals surface area contributed by atoms with Gasteiger partial charge in [-0.15, -0.1) is 11.3 Å². The van der Waals surface area contributed by atoms with Crippen LogP contribution in [0.1, 0.15) is 28.3 Å². The Bertz CT molecular complexity index is 882. The average Bonchev–Trinajstić information content (AvgIpc) is 3.32. The van der Waals surface area contributed by atoms with E-state index in [2.05, 4.69) is 15.2 Å². The molecule has 3 N–H and O–H groups in total. The molecule has 4 rings (SSSR count). The van der Waals surface area contributed by atoms with E-state index >= 15 is 0 Å². The molecule has 1 aliphatic heterocycles. The molecule has 6 nitrogen and oxygen atoms in total. The standard InChI is InChI=1S/C16H17N5OS2/c17-8-14-19-12(9-23-14)15(22)18-10-3-4-11-13(7-10)24-16(20-11)21-5-1-2-6-21/h3-4,7,9H,1-2,5-6,8,17H2,(H,18,22). The normalized spacial score (nSPS) is 14.5. The molecule has 0 spiro atoms. The number of benzene rings is 1. The van der Waals surface area contributed by atoms with E-state index in [0.717, 1.165) is 39.1 Å². The zero-order valence-corrected chi connectivity index (χ0v) is 14.6. The van der Waals surface area contributed by atoms with Gasteiger partial charge in [0.25, 0.3) is 5.91 Å². The highest BCUT2D eigenvalue weighted by atomic mass is 32.1. The lowest BCUT2D eigenvalue weighted by Crippen LogP contribution is -2.16. The maximum absolute atomic E-state index is 12.3. The molecule has 1 saturated heterocycles. The van der Waals surface area contributed by atoms with Crippen molar-refractivity contribution in [1.29, 1.82) is 0 Å². The minimum absolute atomic E-state index is 0.213. The lowest BCUT2D eigenvalue weighted by molar-refractivity contribution is 0.102. The summed E-state index contributed by atoms with van der Waals surface area (Å²) in [4.78, 5) is 23.5. The molecule has 8 heteroatoms. The van der Waals surface area contributed by atoms with Crippen LogP contribution in [0.15, 0.2) is 23.6 Å². The first-order valence-corrected chi connectivity index (χ1v) is 9.54. The van der Waals surface area contributed by atoms with Crippen molar-refractivity contribution in [2.24, 2.45) is 5.73 Å². The van der Waals surface area contributed by atoms with Crippen LogP contribution in [0.3, 0.4) is 0 Å². The van der Waals surface area contributed by atoms with Gasteiger partial charge in [0, 0.05) is 30.7 Å². The predicted molar refractivity (Wildman–Crippen MR) is 99.0 cm³/mol. The number of hydrogen-bond acceptors (Lipinski definition) is 7. The highest BCUT2D eigenvalue weighted by molar-refractivity contribution is 7.22. The highest BCUT2D eigenvalue weighted by Crippen LogP contribution is 2.32. The van der Waals surface area contributed by atoms with E-state index in [-0.39, 0.29) is 5.91 Å². The van der Waals surface area contributed by atoms with E-state index in [0.29, 0.717) is 12.2 Å². The van der Waals surface area contributed by atoms with Gasteiger partial charge < -0.3 is 16.0 Å². The lowest BCUT2D eigenvalue weighted by Gasteiger charge is -2.11. The fourth-order valence-electron chi connectivity index (χ4n) is 2.74. The molecule has 0 aliphatic carbocycles. The molecule has 0 bridgehead atoms. The Morgan fingerprint density at radius 1 is 1.29 bits per heavy atom. The first kappa shape index (κ1) is 15.5. The predicted octanol–water partition coefficient (Wildman–Crippen LogP) is 3.06. The first-order valence-electron chi connectivity index (χ1n) is 7.84. The van der Waals surface area contributed by atoms with Crippen LogP contribution in [0.5, 0.6) is 0 Å². The fraction of sp³-hybridized carbons (Fsp3) is 0.312. The molecule has 124 valence electrons. The van der Waals surface area contributed by atoms with Crippen LogP contribution >= 0.6 is 22.7 Å². The van der Waals surface area contributed by atoms with E-state index < -0.39 is 0 Å².